The molecular weight excluding hydrogens is 397 g/mol. The fourth-order valence-electron chi connectivity index (χ4n) is 3.41. The third kappa shape index (κ3) is 4.20. The number of carbonyl (C=O) groups excluding carboxylic acids is 1. The summed E-state index contributed by atoms with van der Waals surface area (Å²) in [6.45, 7) is 1.18. The van der Waals surface area contributed by atoms with Gasteiger partial charge in [-0.15, -0.1) is 0 Å². The SMILES string of the molecule is O=C(NCc1ccncc1)c1cc(C2NNCC2c2cc(Cl)cc(Cl)c2)c[nH]1. The van der Waals surface area contributed by atoms with Crippen LogP contribution in [0, 0.1) is 0 Å². The molecule has 6 nitrogen and oxygen atoms in total. The van der Waals surface area contributed by atoms with Crippen LogP contribution in [0.4, 0.5) is 0 Å². The molecule has 144 valence electrons. The number of carbonyl (C=O) groups is 1. The van der Waals surface area contributed by atoms with Gasteiger partial charge >= 0.3 is 0 Å². The van der Waals surface area contributed by atoms with E-state index in [9.17, 15) is 4.79 Å². The van der Waals surface area contributed by atoms with E-state index < -0.39 is 0 Å². The molecule has 0 bridgehead atoms. The largest absolute Gasteiger partial charge is 0.357 e. The van der Waals surface area contributed by atoms with Gasteiger partial charge in [-0.25, -0.2) is 5.43 Å². The maximum absolute atomic E-state index is 12.5. The molecular formula is C20H19Cl2N5O. The molecule has 1 aliphatic heterocycles. The Balaban J connectivity index is 1.47. The zero-order valence-corrected chi connectivity index (χ0v) is 16.4. The number of pyridine rings is 1. The van der Waals surface area contributed by atoms with Crippen molar-refractivity contribution in [1.82, 2.24) is 26.1 Å². The Kier molecular flexibility index (Phi) is 5.64. The fourth-order valence-corrected chi connectivity index (χ4v) is 3.96. The van der Waals surface area contributed by atoms with E-state index in [1.165, 1.54) is 0 Å². The lowest BCUT2D eigenvalue weighted by Gasteiger charge is -2.18. The number of halogens is 2. The van der Waals surface area contributed by atoms with Gasteiger partial charge in [0.15, 0.2) is 0 Å². The Morgan fingerprint density at radius 3 is 2.61 bits per heavy atom. The molecule has 4 N–H and O–H groups in total. The van der Waals surface area contributed by atoms with Crippen LogP contribution in [-0.4, -0.2) is 22.4 Å². The number of aromatic amines is 1. The molecule has 0 spiro atoms. The minimum atomic E-state index is -0.156. The van der Waals surface area contributed by atoms with Crippen molar-refractivity contribution < 1.29 is 4.79 Å². The average molecular weight is 416 g/mol. The van der Waals surface area contributed by atoms with Crippen LogP contribution < -0.4 is 16.2 Å². The highest BCUT2D eigenvalue weighted by molar-refractivity contribution is 6.34. The first-order valence-corrected chi connectivity index (χ1v) is 9.65. The summed E-state index contributed by atoms with van der Waals surface area (Å²) in [5.74, 6) is -0.0175. The lowest BCUT2D eigenvalue weighted by molar-refractivity contribution is 0.0946. The summed E-state index contributed by atoms with van der Waals surface area (Å²) in [5, 5.41) is 4.13. The van der Waals surface area contributed by atoms with Gasteiger partial charge in [0.1, 0.15) is 5.69 Å². The first kappa shape index (κ1) is 19.0. The molecule has 4 rings (SSSR count). The Bertz CT molecular complexity index is 955. The van der Waals surface area contributed by atoms with Crippen LogP contribution in [0.25, 0.3) is 0 Å². The van der Waals surface area contributed by atoms with E-state index in [1.54, 1.807) is 18.5 Å². The number of aromatic nitrogens is 2. The number of hydrogen-bond acceptors (Lipinski definition) is 4. The number of rotatable bonds is 5. The predicted molar refractivity (Wildman–Crippen MR) is 109 cm³/mol. The number of hydrazine groups is 1. The second-order valence-corrected chi connectivity index (χ2v) is 7.57. The van der Waals surface area contributed by atoms with Crippen molar-refractivity contribution in [1.29, 1.82) is 0 Å². The summed E-state index contributed by atoms with van der Waals surface area (Å²) in [6.07, 6.45) is 5.26. The molecule has 0 aliphatic carbocycles. The van der Waals surface area contributed by atoms with Crippen molar-refractivity contribution in [2.45, 2.75) is 18.5 Å². The molecule has 2 unspecified atom stereocenters. The third-order valence-corrected chi connectivity index (χ3v) is 5.24. The van der Waals surface area contributed by atoms with Gasteiger partial charge in [0.2, 0.25) is 0 Å². The second kappa shape index (κ2) is 8.32. The molecule has 0 saturated carbocycles. The summed E-state index contributed by atoms with van der Waals surface area (Å²) in [7, 11) is 0. The fraction of sp³-hybridized carbons (Fsp3) is 0.200. The standard InChI is InChI=1S/C20H19Cl2N5O/c21-15-5-13(6-16(22)8-15)17-11-26-27-19(17)14-7-18(24-10-14)20(28)25-9-12-1-3-23-4-2-12/h1-8,10,17,19,24,26-27H,9,11H2,(H,25,28). The van der Waals surface area contributed by atoms with Crippen LogP contribution in [0.1, 0.15) is 39.1 Å². The number of amides is 1. The average Bonchev–Trinajstić information content (AvgIpc) is 3.35. The van der Waals surface area contributed by atoms with Gasteiger partial charge in [-0.3, -0.25) is 15.2 Å². The van der Waals surface area contributed by atoms with Gasteiger partial charge in [-0.05, 0) is 53.1 Å². The zero-order chi connectivity index (χ0) is 19.5. The maximum atomic E-state index is 12.5. The van der Waals surface area contributed by atoms with Crippen LogP contribution in [0.3, 0.4) is 0 Å². The minimum Gasteiger partial charge on any atom is -0.357 e. The number of benzene rings is 1. The third-order valence-electron chi connectivity index (χ3n) is 4.81. The summed E-state index contributed by atoms with van der Waals surface area (Å²) < 4.78 is 0. The molecule has 1 fully saturated rings. The van der Waals surface area contributed by atoms with Crippen LogP contribution in [0.15, 0.2) is 55.0 Å². The lowest BCUT2D eigenvalue weighted by Crippen LogP contribution is -2.25. The Labute approximate surface area is 172 Å². The predicted octanol–water partition coefficient (Wildman–Crippen LogP) is 3.58. The highest BCUT2D eigenvalue weighted by Crippen LogP contribution is 2.35. The second-order valence-electron chi connectivity index (χ2n) is 6.70. The summed E-state index contributed by atoms with van der Waals surface area (Å²) in [4.78, 5) is 19.5. The number of H-pyrrole nitrogens is 1. The molecule has 2 atom stereocenters. The van der Waals surface area contributed by atoms with Gasteiger partial charge in [0.25, 0.3) is 5.91 Å². The number of nitrogens with one attached hydrogen (secondary N) is 4. The molecule has 1 amide bonds. The summed E-state index contributed by atoms with van der Waals surface area (Å²) >= 11 is 12.3. The van der Waals surface area contributed by atoms with Gasteiger partial charge in [0, 0.05) is 47.6 Å². The van der Waals surface area contributed by atoms with Crippen molar-refractivity contribution in [3.63, 3.8) is 0 Å². The molecule has 3 heterocycles. The van der Waals surface area contributed by atoms with E-state index in [0.717, 1.165) is 23.2 Å². The highest BCUT2D eigenvalue weighted by Gasteiger charge is 2.31. The monoisotopic (exact) mass is 415 g/mol. The molecule has 1 saturated heterocycles. The molecule has 1 aliphatic rings. The smallest absolute Gasteiger partial charge is 0.267 e. The highest BCUT2D eigenvalue weighted by atomic mass is 35.5. The van der Waals surface area contributed by atoms with Crippen LogP contribution >= 0.6 is 23.2 Å². The van der Waals surface area contributed by atoms with E-state index in [0.29, 0.717) is 22.3 Å². The molecule has 3 aromatic rings. The molecule has 0 radical (unpaired) electrons. The minimum absolute atomic E-state index is 0.00692. The van der Waals surface area contributed by atoms with Gasteiger partial charge < -0.3 is 10.3 Å². The molecule has 2 aromatic heterocycles. The Morgan fingerprint density at radius 1 is 1.11 bits per heavy atom. The van der Waals surface area contributed by atoms with Crippen LogP contribution in [0.2, 0.25) is 10.0 Å². The van der Waals surface area contributed by atoms with E-state index in [-0.39, 0.29) is 17.9 Å². The molecule has 28 heavy (non-hydrogen) atoms. The molecule has 8 heteroatoms. The van der Waals surface area contributed by atoms with Crippen molar-refractivity contribution in [2.75, 3.05) is 6.54 Å². The first-order valence-electron chi connectivity index (χ1n) is 8.90. The lowest BCUT2D eigenvalue weighted by atomic mass is 9.90. The van der Waals surface area contributed by atoms with E-state index in [4.69, 9.17) is 23.2 Å². The van der Waals surface area contributed by atoms with Gasteiger partial charge in [-0.2, -0.15) is 0 Å². The Morgan fingerprint density at radius 2 is 1.86 bits per heavy atom. The summed E-state index contributed by atoms with van der Waals surface area (Å²) in [6, 6.07) is 11.2. The van der Waals surface area contributed by atoms with E-state index in [2.05, 4.69) is 26.1 Å². The number of nitrogens with zero attached hydrogens (tertiary/aromatic N) is 1. The van der Waals surface area contributed by atoms with Crippen LogP contribution in [-0.2, 0) is 6.54 Å². The first-order chi connectivity index (χ1) is 13.6. The zero-order valence-electron chi connectivity index (χ0n) is 14.9. The van der Waals surface area contributed by atoms with E-state index >= 15 is 0 Å². The quantitative estimate of drug-likeness (QED) is 0.513. The van der Waals surface area contributed by atoms with Crippen molar-refractivity contribution in [3.8, 4) is 0 Å². The van der Waals surface area contributed by atoms with Gasteiger partial charge in [0.05, 0.1) is 6.04 Å². The van der Waals surface area contributed by atoms with E-state index in [1.807, 2.05) is 36.5 Å². The van der Waals surface area contributed by atoms with Crippen LogP contribution in [0.5, 0.6) is 0 Å². The topological polar surface area (TPSA) is 81.8 Å². The van der Waals surface area contributed by atoms with Crippen molar-refractivity contribution in [2.24, 2.45) is 0 Å². The summed E-state index contributed by atoms with van der Waals surface area (Å²) in [5.41, 5.74) is 10.0. The normalized spacial score (nSPS) is 18.9. The molecule has 1 aromatic carbocycles. The Hall–Kier alpha value is -2.38. The van der Waals surface area contributed by atoms with Gasteiger partial charge in [-0.1, -0.05) is 23.2 Å². The maximum Gasteiger partial charge on any atom is 0.267 e. The number of hydrogen-bond donors (Lipinski definition) is 4. The van der Waals surface area contributed by atoms with Crippen molar-refractivity contribution >= 4 is 29.1 Å². The van der Waals surface area contributed by atoms with Crippen molar-refractivity contribution in [3.05, 3.63) is 87.4 Å².